The van der Waals surface area contributed by atoms with E-state index in [4.69, 9.17) is 9.72 Å². The minimum absolute atomic E-state index is 0.330. The first kappa shape index (κ1) is 19.9. The summed E-state index contributed by atoms with van der Waals surface area (Å²) in [6.07, 6.45) is 5.88. The molecule has 3 aromatic heterocycles. The summed E-state index contributed by atoms with van der Waals surface area (Å²) in [7, 11) is 0. The minimum Gasteiger partial charge on any atom is -0.378 e. The predicted molar refractivity (Wildman–Crippen MR) is 126 cm³/mol. The number of imidazole rings is 2. The maximum absolute atomic E-state index is 14.5. The molecule has 1 aliphatic rings. The topological polar surface area (TPSA) is 71.9 Å². The van der Waals surface area contributed by atoms with Gasteiger partial charge in [0.25, 0.3) is 0 Å². The summed E-state index contributed by atoms with van der Waals surface area (Å²) in [5, 5.41) is 0.756. The Balaban J connectivity index is 1.68. The molecular weight excluding hydrogens is 419 g/mol. The number of rotatable bonds is 4. The number of aryl methyl sites for hydroxylation is 1. The molecule has 8 heteroatoms. The molecular formula is C25H23FN6O. The number of hydrogen-bond acceptors (Lipinski definition) is 5. The highest BCUT2D eigenvalue weighted by Crippen LogP contribution is 2.36. The Bertz CT molecular complexity index is 1450. The molecule has 5 aromatic rings. The van der Waals surface area contributed by atoms with Crippen LogP contribution in [-0.4, -0.2) is 50.8 Å². The lowest BCUT2D eigenvalue weighted by Crippen LogP contribution is -2.36. The summed E-state index contributed by atoms with van der Waals surface area (Å²) in [4.78, 5) is 19.1. The SMILES string of the molecule is CCc1nc2c(-c3cnc[nH]3)cc(N3CCOCC3)cc2n1-c1ccnc2c(F)cccc12. The summed E-state index contributed by atoms with van der Waals surface area (Å²) in [5.74, 6) is 0.575. The number of anilines is 1. The van der Waals surface area contributed by atoms with Crippen molar-refractivity contribution in [1.82, 2.24) is 24.5 Å². The third kappa shape index (κ3) is 3.25. The number of benzene rings is 2. The van der Waals surface area contributed by atoms with Crippen LogP contribution in [0.25, 0.3) is 38.9 Å². The Morgan fingerprint density at radius 1 is 1.12 bits per heavy atom. The number of aromatic amines is 1. The number of ether oxygens (including phenoxy) is 1. The van der Waals surface area contributed by atoms with Gasteiger partial charge in [0.15, 0.2) is 0 Å². The largest absolute Gasteiger partial charge is 0.378 e. The third-order valence-electron chi connectivity index (χ3n) is 6.23. The van der Waals surface area contributed by atoms with E-state index in [2.05, 4.69) is 43.5 Å². The lowest BCUT2D eigenvalue weighted by molar-refractivity contribution is 0.122. The first-order chi connectivity index (χ1) is 16.2. The number of fused-ring (bicyclic) bond motifs is 2. The van der Waals surface area contributed by atoms with Crippen LogP contribution in [0.1, 0.15) is 12.7 Å². The Labute approximate surface area is 189 Å². The second kappa shape index (κ2) is 7.97. The molecule has 0 atom stereocenters. The van der Waals surface area contributed by atoms with Gasteiger partial charge in [-0.3, -0.25) is 9.55 Å². The van der Waals surface area contributed by atoms with Crippen molar-refractivity contribution in [2.75, 3.05) is 31.2 Å². The van der Waals surface area contributed by atoms with Gasteiger partial charge in [-0.05, 0) is 24.3 Å². The molecule has 0 unspecified atom stereocenters. The standard InChI is InChI=1S/C25H23FN6O/c1-2-23-30-25-18(20-14-27-15-29-20)12-16(31-8-10-33-11-9-31)13-22(25)32(23)21-6-7-28-24-17(21)4-3-5-19(24)26/h3-7,12-15H,2,8-11H2,1H3,(H,27,29). The van der Waals surface area contributed by atoms with Crippen LogP contribution in [-0.2, 0) is 11.2 Å². The molecule has 1 fully saturated rings. The average molecular weight is 442 g/mol. The molecule has 0 spiro atoms. The summed E-state index contributed by atoms with van der Waals surface area (Å²) >= 11 is 0. The zero-order valence-electron chi connectivity index (χ0n) is 18.3. The van der Waals surface area contributed by atoms with E-state index in [1.54, 1.807) is 18.6 Å². The normalized spacial score (nSPS) is 14.4. The molecule has 1 aliphatic heterocycles. The van der Waals surface area contributed by atoms with Crippen molar-refractivity contribution < 1.29 is 9.13 Å². The van der Waals surface area contributed by atoms with Crippen molar-refractivity contribution >= 4 is 27.6 Å². The summed E-state index contributed by atoms with van der Waals surface area (Å²) in [6, 6.07) is 11.4. The molecule has 0 bridgehead atoms. The van der Waals surface area contributed by atoms with Crippen LogP contribution in [0.4, 0.5) is 10.1 Å². The summed E-state index contributed by atoms with van der Waals surface area (Å²) in [6.45, 7) is 5.13. The van der Waals surface area contributed by atoms with E-state index in [1.807, 2.05) is 18.3 Å². The number of aromatic nitrogens is 5. The quantitative estimate of drug-likeness (QED) is 0.444. The molecule has 0 amide bonds. The van der Waals surface area contributed by atoms with Crippen LogP contribution >= 0.6 is 0 Å². The van der Waals surface area contributed by atoms with E-state index in [9.17, 15) is 4.39 Å². The molecule has 7 nitrogen and oxygen atoms in total. The molecule has 2 aromatic carbocycles. The van der Waals surface area contributed by atoms with Crippen molar-refractivity contribution in [3.63, 3.8) is 0 Å². The van der Waals surface area contributed by atoms with Crippen LogP contribution in [0, 0.1) is 5.82 Å². The minimum atomic E-state index is -0.330. The number of hydrogen-bond donors (Lipinski definition) is 1. The Hall–Kier alpha value is -3.78. The molecule has 0 radical (unpaired) electrons. The highest BCUT2D eigenvalue weighted by Gasteiger charge is 2.21. The Kier molecular flexibility index (Phi) is 4.80. The maximum atomic E-state index is 14.5. The van der Waals surface area contributed by atoms with Crippen molar-refractivity contribution in [2.45, 2.75) is 13.3 Å². The van der Waals surface area contributed by atoms with E-state index >= 15 is 0 Å². The molecule has 166 valence electrons. The number of nitrogens with zero attached hydrogens (tertiary/aromatic N) is 5. The third-order valence-corrected chi connectivity index (χ3v) is 6.23. The number of H-pyrrole nitrogens is 1. The van der Waals surface area contributed by atoms with Gasteiger partial charge in [-0.1, -0.05) is 19.1 Å². The highest BCUT2D eigenvalue weighted by molar-refractivity contribution is 5.97. The second-order valence-corrected chi connectivity index (χ2v) is 8.11. The number of nitrogens with one attached hydrogen (secondary N) is 1. The molecule has 1 N–H and O–H groups in total. The molecule has 0 saturated carbocycles. The van der Waals surface area contributed by atoms with Crippen molar-refractivity contribution in [1.29, 1.82) is 0 Å². The number of pyridine rings is 1. The van der Waals surface area contributed by atoms with Crippen molar-refractivity contribution in [2.24, 2.45) is 0 Å². The lowest BCUT2D eigenvalue weighted by Gasteiger charge is -2.29. The molecule has 6 rings (SSSR count). The first-order valence-electron chi connectivity index (χ1n) is 11.1. The number of halogens is 1. The second-order valence-electron chi connectivity index (χ2n) is 8.11. The fourth-order valence-corrected chi connectivity index (χ4v) is 4.65. The van der Waals surface area contributed by atoms with Gasteiger partial charge in [0.05, 0.1) is 48.2 Å². The fourth-order valence-electron chi connectivity index (χ4n) is 4.65. The Morgan fingerprint density at radius 2 is 2.00 bits per heavy atom. The van der Waals surface area contributed by atoms with E-state index in [0.717, 1.165) is 64.4 Å². The number of para-hydroxylation sites is 1. The molecule has 1 saturated heterocycles. The van der Waals surface area contributed by atoms with Gasteiger partial charge in [0.2, 0.25) is 0 Å². The molecule has 4 heterocycles. The van der Waals surface area contributed by atoms with Crippen molar-refractivity contribution in [3.05, 3.63) is 66.8 Å². The maximum Gasteiger partial charge on any atom is 0.149 e. The predicted octanol–water partition coefficient (Wildman–Crippen LogP) is 4.50. The van der Waals surface area contributed by atoms with E-state index in [0.29, 0.717) is 18.7 Å². The lowest BCUT2D eigenvalue weighted by atomic mass is 10.1. The van der Waals surface area contributed by atoms with Crippen LogP contribution in [0.3, 0.4) is 0 Å². The average Bonchev–Trinajstić information content (AvgIpc) is 3.52. The van der Waals surface area contributed by atoms with Crippen LogP contribution in [0.15, 0.2) is 55.1 Å². The highest BCUT2D eigenvalue weighted by atomic mass is 19.1. The zero-order chi connectivity index (χ0) is 22.4. The molecule has 33 heavy (non-hydrogen) atoms. The zero-order valence-corrected chi connectivity index (χ0v) is 18.3. The smallest absolute Gasteiger partial charge is 0.149 e. The van der Waals surface area contributed by atoms with Crippen LogP contribution < -0.4 is 4.90 Å². The summed E-state index contributed by atoms with van der Waals surface area (Å²) in [5.41, 5.74) is 6.08. The van der Waals surface area contributed by atoms with E-state index < -0.39 is 0 Å². The van der Waals surface area contributed by atoms with Gasteiger partial charge >= 0.3 is 0 Å². The monoisotopic (exact) mass is 442 g/mol. The van der Waals surface area contributed by atoms with Gasteiger partial charge in [0.1, 0.15) is 17.2 Å². The van der Waals surface area contributed by atoms with Crippen LogP contribution in [0.2, 0.25) is 0 Å². The van der Waals surface area contributed by atoms with E-state index in [1.165, 1.54) is 6.07 Å². The van der Waals surface area contributed by atoms with Crippen LogP contribution in [0.5, 0.6) is 0 Å². The first-order valence-corrected chi connectivity index (χ1v) is 11.1. The van der Waals surface area contributed by atoms with Gasteiger partial charge in [-0.25, -0.2) is 14.4 Å². The van der Waals surface area contributed by atoms with Gasteiger partial charge in [-0.2, -0.15) is 0 Å². The fraction of sp³-hybridized carbons (Fsp3) is 0.240. The van der Waals surface area contributed by atoms with Gasteiger partial charge in [-0.15, -0.1) is 0 Å². The Morgan fingerprint density at radius 3 is 2.79 bits per heavy atom. The van der Waals surface area contributed by atoms with Crippen molar-refractivity contribution in [3.8, 4) is 16.9 Å². The van der Waals surface area contributed by atoms with Gasteiger partial charge in [0, 0.05) is 42.3 Å². The summed E-state index contributed by atoms with van der Waals surface area (Å²) < 4.78 is 22.3. The number of morpholine rings is 1. The van der Waals surface area contributed by atoms with E-state index in [-0.39, 0.29) is 5.82 Å². The molecule has 0 aliphatic carbocycles. The van der Waals surface area contributed by atoms with Gasteiger partial charge < -0.3 is 14.6 Å².